The van der Waals surface area contributed by atoms with Crippen molar-refractivity contribution in [1.82, 2.24) is 0 Å². The van der Waals surface area contributed by atoms with Crippen LogP contribution in [-0.2, 0) is 23.8 Å². The van der Waals surface area contributed by atoms with E-state index in [4.69, 9.17) is 4.18 Å². The van der Waals surface area contributed by atoms with Crippen molar-refractivity contribution in [2.75, 3.05) is 13.4 Å². The maximum absolute atomic E-state index is 11.0. The molecule has 0 aromatic heterocycles. The number of esters is 1. The molecule has 0 fully saturated rings. The van der Waals surface area contributed by atoms with Crippen molar-refractivity contribution in [3.8, 4) is 0 Å². The predicted molar refractivity (Wildman–Crippen MR) is 53.6 cm³/mol. The zero-order chi connectivity index (χ0) is 11.5. The first-order valence-corrected chi connectivity index (χ1v) is 6.36. The number of carbonyl (C=O) groups excluding carboxylic acids is 1. The van der Waals surface area contributed by atoms with Gasteiger partial charge in [0.05, 0.1) is 25.9 Å². The lowest BCUT2D eigenvalue weighted by molar-refractivity contribution is -0.141. The van der Waals surface area contributed by atoms with Crippen LogP contribution >= 0.6 is 0 Å². The monoisotopic (exact) mass is 234 g/mol. The van der Waals surface area contributed by atoms with E-state index in [-0.39, 0.29) is 18.3 Å². The summed E-state index contributed by atoms with van der Waals surface area (Å²) in [6.07, 6.45) is 4.78. The average molecular weight is 234 g/mol. The number of rotatable bonds is 4. The van der Waals surface area contributed by atoms with E-state index < -0.39 is 16.2 Å². The molecule has 2 atom stereocenters. The van der Waals surface area contributed by atoms with Gasteiger partial charge in [0.25, 0.3) is 10.1 Å². The van der Waals surface area contributed by atoms with Gasteiger partial charge in [-0.1, -0.05) is 12.2 Å². The van der Waals surface area contributed by atoms with Gasteiger partial charge in [-0.2, -0.15) is 8.42 Å². The first-order valence-electron chi connectivity index (χ1n) is 4.54. The van der Waals surface area contributed by atoms with Gasteiger partial charge < -0.3 is 4.74 Å². The molecule has 0 spiro atoms. The van der Waals surface area contributed by atoms with Gasteiger partial charge in [0.15, 0.2) is 0 Å². The molecule has 0 heterocycles. The van der Waals surface area contributed by atoms with E-state index in [0.717, 1.165) is 6.26 Å². The smallest absolute Gasteiger partial charge is 0.306 e. The lowest BCUT2D eigenvalue weighted by Gasteiger charge is -2.17. The molecule has 0 aliphatic heterocycles. The van der Waals surface area contributed by atoms with Gasteiger partial charge in [-0.05, 0) is 6.42 Å². The molecule has 86 valence electrons. The molecular weight excluding hydrogens is 220 g/mol. The van der Waals surface area contributed by atoms with Crippen LogP contribution in [0, 0.1) is 5.92 Å². The number of hydrogen-bond donors (Lipinski definition) is 0. The fourth-order valence-corrected chi connectivity index (χ4v) is 2.17. The third kappa shape index (κ3) is 4.01. The number of methoxy groups -OCH3 is 1. The molecule has 0 saturated carbocycles. The summed E-state index contributed by atoms with van der Waals surface area (Å²) in [4.78, 5) is 11.0. The molecule has 0 aromatic rings. The highest BCUT2D eigenvalue weighted by Gasteiger charge is 2.29. The lowest BCUT2D eigenvalue weighted by Crippen LogP contribution is -2.24. The Kier molecular flexibility index (Phi) is 3.87. The molecular formula is C9H14O5S. The first-order chi connectivity index (χ1) is 6.92. The van der Waals surface area contributed by atoms with E-state index in [0.29, 0.717) is 6.42 Å². The molecule has 0 aromatic carbocycles. The SMILES string of the molecule is COC(=O)C[C@@H]1C=CC[C@H]1OS(C)(=O)=O. The Balaban J connectivity index is 2.56. The Hall–Kier alpha value is -0.880. The fourth-order valence-electron chi connectivity index (χ4n) is 1.50. The predicted octanol–water partition coefficient (Wildman–Crippen LogP) is 0.470. The molecule has 5 nitrogen and oxygen atoms in total. The Morgan fingerprint density at radius 1 is 1.53 bits per heavy atom. The highest BCUT2D eigenvalue weighted by molar-refractivity contribution is 7.86. The highest BCUT2D eigenvalue weighted by Crippen LogP contribution is 2.25. The fraction of sp³-hybridized carbons (Fsp3) is 0.667. The average Bonchev–Trinajstić information content (AvgIpc) is 2.50. The quantitative estimate of drug-likeness (QED) is 0.402. The summed E-state index contributed by atoms with van der Waals surface area (Å²) in [7, 11) is -2.18. The summed E-state index contributed by atoms with van der Waals surface area (Å²) in [6, 6.07) is 0. The molecule has 6 heteroatoms. The van der Waals surface area contributed by atoms with Crippen molar-refractivity contribution in [3.63, 3.8) is 0 Å². The summed E-state index contributed by atoms with van der Waals surface area (Å²) in [5, 5.41) is 0. The minimum absolute atomic E-state index is 0.146. The molecule has 0 radical (unpaired) electrons. The van der Waals surface area contributed by atoms with E-state index in [9.17, 15) is 13.2 Å². The minimum atomic E-state index is -3.48. The summed E-state index contributed by atoms with van der Waals surface area (Å²) < 4.78 is 31.2. The van der Waals surface area contributed by atoms with Crippen molar-refractivity contribution in [1.29, 1.82) is 0 Å². The maximum Gasteiger partial charge on any atom is 0.306 e. The van der Waals surface area contributed by atoms with Gasteiger partial charge in [0.2, 0.25) is 0 Å². The van der Waals surface area contributed by atoms with E-state index in [1.165, 1.54) is 7.11 Å². The van der Waals surface area contributed by atoms with Crippen LogP contribution in [-0.4, -0.2) is 33.9 Å². The summed E-state index contributed by atoms with van der Waals surface area (Å²) in [6.45, 7) is 0. The highest BCUT2D eigenvalue weighted by atomic mass is 32.2. The first kappa shape index (κ1) is 12.2. The van der Waals surface area contributed by atoms with E-state index in [1.54, 1.807) is 6.08 Å². The summed E-state index contributed by atoms with van der Waals surface area (Å²) in [5.41, 5.74) is 0. The van der Waals surface area contributed by atoms with Crippen LogP contribution in [0.4, 0.5) is 0 Å². The Bertz CT molecular complexity index is 357. The van der Waals surface area contributed by atoms with Crippen LogP contribution in [0.2, 0.25) is 0 Å². The van der Waals surface area contributed by atoms with Crippen LogP contribution < -0.4 is 0 Å². The van der Waals surface area contributed by atoms with Gasteiger partial charge in [-0.15, -0.1) is 0 Å². The van der Waals surface area contributed by atoms with Gasteiger partial charge in [0.1, 0.15) is 0 Å². The molecule has 1 rings (SSSR count). The standard InChI is InChI=1S/C9H14O5S/c1-13-9(10)6-7-4-3-5-8(7)14-15(2,11)12/h3-4,7-8H,5-6H2,1-2H3/t7-,8+/m0/s1. The van der Waals surface area contributed by atoms with Crippen LogP contribution in [0.15, 0.2) is 12.2 Å². The van der Waals surface area contributed by atoms with E-state index in [1.807, 2.05) is 6.08 Å². The van der Waals surface area contributed by atoms with Gasteiger partial charge in [-0.3, -0.25) is 8.98 Å². The van der Waals surface area contributed by atoms with E-state index in [2.05, 4.69) is 4.74 Å². The Morgan fingerprint density at radius 3 is 2.73 bits per heavy atom. The molecule has 0 amide bonds. The van der Waals surface area contributed by atoms with Crippen LogP contribution in [0.25, 0.3) is 0 Å². The van der Waals surface area contributed by atoms with Crippen LogP contribution in [0.3, 0.4) is 0 Å². The second kappa shape index (κ2) is 4.76. The largest absolute Gasteiger partial charge is 0.469 e. The number of carbonyl (C=O) groups is 1. The van der Waals surface area contributed by atoms with Crippen molar-refractivity contribution in [2.45, 2.75) is 18.9 Å². The van der Waals surface area contributed by atoms with Crippen LogP contribution in [0.1, 0.15) is 12.8 Å². The van der Waals surface area contributed by atoms with Gasteiger partial charge >= 0.3 is 5.97 Å². The molecule has 15 heavy (non-hydrogen) atoms. The van der Waals surface area contributed by atoms with Crippen molar-refractivity contribution < 1.29 is 22.1 Å². The summed E-state index contributed by atoms with van der Waals surface area (Å²) in [5.74, 6) is -0.583. The Morgan fingerprint density at radius 2 is 2.20 bits per heavy atom. The normalized spacial score (nSPS) is 25.5. The van der Waals surface area contributed by atoms with Crippen LogP contribution in [0.5, 0.6) is 0 Å². The molecule has 1 aliphatic carbocycles. The molecule has 0 N–H and O–H groups in total. The van der Waals surface area contributed by atoms with Crippen molar-refractivity contribution in [3.05, 3.63) is 12.2 Å². The third-order valence-electron chi connectivity index (χ3n) is 2.16. The zero-order valence-electron chi connectivity index (χ0n) is 8.67. The van der Waals surface area contributed by atoms with Gasteiger partial charge in [-0.25, -0.2) is 0 Å². The third-order valence-corrected chi connectivity index (χ3v) is 2.75. The Labute approximate surface area is 89.2 Å². The molecule has 1 aliphatic rings. The number of hydrogen-bond acceptors (Lipinski definition) is 5. The second-order valence-corrected chi connectivity index (χ2v) is 5.05. The lowest BCUT2D eigenvalue weighted by atomic mass is 10.0. The number of ether oxygens (including phenoxy) is 1. The minimum Gasteiger partial charge on any atom is -0.469 e. The topological polar surface area (TPSA) is 69.7 Å². The van der Waals surface area contributed by atoms with E-state index >= 15 is 0 Å². The summed E-state index contributed by atoms with van der Waals surface area (Å²) >= 11 is 0. The zero-order valence-corrected chi connectivity index (χ0v) is 9.49. The van der Waals surface area contributed by atoms with Crippen molar-refractivity contribution >= 4 is 16.1 Å². The molecule has 0 saturated heterocycles. The second-order valence-electron chi connectivity index (χ2n) is 3.45. The molecule has 0 unspecified atom stereocenters. The molecule has 0 bridgehead atoms. The maximum atomic E-state index is 11.0. The van der Waals surface area contributed by atoms with Gasteiger partial charge in [0, 0.05) is 5.92 Å². The van der Waals surface area contributed by atoms with Crippen molar-refractivity contribution in [2.24, 2.45) is 5.92 Å².